The van der Waals surface area contributed by atoms with Gasteiger partial charge in [0.15, 0.2) is 5.78 Å². The Morgan fingerprint density at radius 1 is 1.43 bits per heavy atom. The van der Waals surface area contributed by atoms with Crippen LogP contribution in [0, 0.1) is 6.92 Å². The van der Waals surface area contributed by atoms with E-state index in [-0.39, 0.29) is 12.2 Å². The van der Waals surface area contributed by atoms with Crippen LogP contribution in [0.1, 0.15) is 28.7 Å². The van der Waals surface area contributed by atoms with E-state index in [9.17, 15) is 9.59 Å². The van der Waals surface area contributed by atoms with Gasteiger partial charge in [0.05, 0.1) is 12.1 Å². The van der Waals surface area contributed by atoms with Gasteiger partial charge in [0, 0.05) is 11.3 Å². The topological polar surface area (TPSA) is 67.3 Å². The molecule has 0 amide bonds. The molecule has 0 unspecified atom stereocenters. The lowest BCUT2D eigenvalue weighted by Crippen LogP contribution is -2.05. The van der Waals surface area contributed by atoms with Gasteiger partial charge in [0.25, 0.3) is 0 Å². The summed E-state index contributed by atoms with van der Waals surface area (Å²) in [6, 6.07) is 3.16. The molecule has 0 spiro atoms. The van der Waals surface area contributed by atoms with Crippen LogP contribution in [0.5, 0.6) is 0 Å². The Labute approximate surface area is 81.6 Å². The number of aryl methyl sites for hydroxylation is 1. The van der Waals surface area contributed by atoms with Crippen molar-refractivity contribution in [2.75, 3.05) is 0 Å². The Morgan fingerprint density at radius 3 is 2.57 bits per heavy atom. The fourth-order valence-electron chi connectivity index (χ4n) is 1.19. The summed E-state index contributed by atoms with van der Waals surface area (Å²) in [7, 11) is 0. The number of aliphatic carboxylic acids is 1. The molecule has 0 saturated carbocycles. The van der Waals surface area contributed by atoms with Crippen LogP contribution in [0.15, 0.2) is 12.1 Å². The van der Waals surface area contributed by atoms with Crippen LogP contribution in [-0.2, 0) is 11.2 Å². The van der Waals surface area contributed by atoms with Crippen molar-refractivity contribution in [3.05, 3.63) is 29.1 Å². The number of carboxylic acid groups (broad SMARTS) is 1. The minimum absolute atomic E-state index is 0.0814. The second-order valence-electron chi connectivity index (χ2n) is 3.12. The molecule has 1 heterocycles. The minimum atomic E-state index is -0.947. The quantitative estimate of drug-likeness (QED) is 0.733. The summed E-state index contributed by atoms with van der Waals surface area (Å²) in [6.45, 7) is 3.18. The second kappa shape index (κ2) is 4.00. The fourth-order valence-corrected chi connectivity index (χ4v) is 1.19. The number of Topliss-reactive ketones (excluding diaryl/α,β-unsaturated/α-hetero) is 1. The molecule has 1 N–H and O–H groups in total. The summed E-state index contributed by atoms with van der Waals surface area (Å²) in [5.41, 5.74) is 1.59. The van der Waals surface area contributed by atoms with Crippen molar-refractivity contribution < 1.29 is 14.7 Å². The maximum absolute atomic E-state index is 11.1. The number of pyridine rings is 1. The van der Waals surface area contributed by atoms with Gasteiger partial charge in [-0.3, -0.25) is 14.6 Å². The smallest absolute Gasteiger partial charge is 0.309 e. The van der Waals surface area contributed by atoms with E-state index < -0.39 is 5.97 Å². The van der Waals surface area contributed by atoms with Gasteiger partial charge in [-0.25, -0.2) is 0 Å². The summed E-state index contributed by atoms with van der Waals surface area (Å²) in [4.78, 5) is 25.5. The van der Waals surface area contributed by atoms with Crippen LogP contribution in [0.25, 0.3) is 0 Å². The van der Waals surface area contributed by atoms with E-state index in [0.29, 0.717) is 17.0 Å². The van der Waals surface area contributed by atoms with Crippen LogP contribution in [0.3, 0.4) is 0 Å². The number of rotatable bonds is 3. The molecule has 4 nitrogen and oxygen atoms in total. The highest BCUT2D eigenvalue weighted by Gasteiger charge is 2.06. The Morgan fingerprint density at radius 2 is 2.07 bits per heavy atom. The molecule has 1 aromatic rings. The maximum atomic E-state index is 11.1. The molecule has 1 aromatic heterocycles. The van der Waals surface area contributed by atoms with Gasteiger partial charge in [-0.15, -0.1) is 0 Å². The van der Waals surface area contributed by atoms with E-state index in [2.05, 4.69) is 4.98 Å². The predicted molar refractivity (Wildman–Crippen MR) is 50.3 cm³/mol. The Bertz CT molecular complexity index is 385. The molecule has 1 rings (SSSR count). The number of nitrogens with zero attached hydrogens (tertiary/aromatic N) is 1. The highest BCUT2D eigenvalue weighted by Crippen LogP contribution is 2.07. The van der Waals surface area contributed by atoms with E-state index in [1.165, 1.54) is 13.0 Å². The summed E-state index contributed by atoms with van der Waals surface area (Å²) < 4.78 is 0. The first-order chi connectivity index (χ1) is 6.49. The summed E-state index contributed by atoms with van der Waals surface area (Å²) in [5.74, 6) is -1.03. The SMILES string of the molecule is CC(=O)c1cc(C)nc(CC(=O)O)c1. The molecule has 0 saturated heterocycles. The second-order valence-corrected chi connectivity index (χ2v) is 3.12. The zero-order chi connectivity index (χ0) is 10.7. The average Bonchev–Trinajstić information content (AvgIpc) is 2.01. The first kappa shape index (κ1) is 10.4. The standard InChI is InChI=1S/C10H11NO3/c1-6-3-8(7(2)12)4-9(11-6)5-10(13)14/h3-4H,5H2,1-2H3,(H,13,14). The third-order valence-electron chi connectivity index (χ3n) is 1.75. The van der Waals surface area contributed by atoms with Crippen LogP contribution >= 0.6 is 0 Å². The zero-order valence-electron chi connectivity index (χ0n) is 8.07. The molecule has 0 aliphatic rings. The number of ketones is 1. The highest BCUT2D eigenvalue weighted by atomic mass is 16.4. The summed E-state index contributed by atoms with van der Waals surface area (Å²) in [6.07, 6.45) is -0.151. The number of carbonyl (C=O) groups is 2. The van der Waals surface area contributed by atoms with E-state index >= 15 is 0 Å². The van der Waals surface area contributed by atoms with Crippen molar-refractivity contribution in [1.82, 2.24) is 4.98 Å². The lowest BCUT2D eigenvalue weighted by atomic mass is 10.1. The maximum Gasteiger partial charge on any atom is 0.309 e. The molecular weight excluding hydrogens is 182 g/mol. The summed E-state index contributed by atoms with van der Waals surface area (Å²) >= 11 is 0. The fraction of sp³-hybridized carbons (Fsp3) is 0.300. The normalized spacial score (nSPS) is 9.86. The predicted octanol–water partition coefficient (Wildman–Crippen LogP) is 1.22. The van der Waals surface area contributed by atoms with Crippen LogP contribution < -0.4 is 0 Å². The lowest BCUT2D eigenvalue weighted by molar-refractivity contribution is -0.136. The molecule has 0 bridgehead atoms. The molecule has 0 atom stereocenters. The molecule has 0 radical (unpaired) electrons. The first-order valence-corrected chi connectivity index (χ1v) is 4.19. The van der Waals surface area contributed by atoms with E-state index in [1.54, 1.807) is 13.0 Å². The number of hydrogen-bond acceptors (Lipinski definition) is 3. The van der Waals surface area contributed by atoms with Crippen molar-refractivity contribution in [2.24, 2.45) is 0 Å². The van der Waals surface area contributed by atoms with Gasteiger partial charge in [0.2, 0.25) is 0 Å². The lowest BCUT2D eigenvalue weighted by Gasteiger charge is -2.02. The van der Waals surface area contributed by atoms with Gasteiger partial charge in [0.1, 0.15) is 0 Å². The number of hydrogen-bond donors (Lipinski definition) is 1. The van der Waals surface area contributed by atoms with Crippen molar-refractivity contribution in [3.8, 4) is 0 Å². The number of carbonyl (C=O) groups excluding carboxylic acids is 1. The highest BCUT2D eigenvalue weighted by molar-refractivity contribution is 5.94. The molecule has 0 fully saturated rings. The Hall–Kier alpha value is -1.71. The van der Waals surface area contributed by atoms with Crippen molar-refractivity contribution in [2.45, 2.75) is 20.3 Å². The Balaban J connectivity index is 3.07. The largest absolute Gasteiger partial charge is 0.481 e. The molecule has 74 valence electrons. The van der Waals surface area contributed by atoms with Crippen LogP contribution in [-0.4, -0.2) is 21.8 Å². The molecule has 0 aromatic carbocycles. The van der Waals surface area contributed by atoms with E-state index in [0.717, 1.165) is 0 Å². The van der Waals surface area contributed by atoms with Crippen LogP contribution in [0.2, 0.25) is 0 Å². The molecule has 0 aliphatic carbocycles. The molecule has 0 aliphatic heterocycles. The monoisotopic (exact) mass is 193 g/mol. The van der Waals surface area contributed by atoms with Crippen molar-refractivity contribution in [1.29, 1.82) is 0 Å². The van der Waals surface area contributed by atoms with Crippen molar-refractivity contribution in [3.63, 3.8) is 0 Å². The minimum Gasteiger partial charge on any atom is -0.481 e. The molecule has 4 heteroatoms. The van der Waals surface area contributed by atoms with E-state index in [1.807, 2.05) is 0 Å². The van der Waals surface area contributed by atoms with Gasteiger partial charge < -0.3 is 5.11 Å². The number of carboxylic acids is 1. The van der Waals surface area contributed by atoms with Crippen LogP contribution in [0.4, 0.5) is 0 Å². The van der Waals surface area contributed by atoms with Crippen molar-refractivity contribution >= 4 is 11.8 Å². The molecule has 14 heavy (non-hydrogen) atoms. The molecular formula is C10H11NO3. The Kier molecular flexibility index (Phi) is 2.96. The van der Waals surface area contributed by atoms with Gasteiger partial charge in [-0.05, 0) is 26.0 Å². The van der Waals surface area contributed by atoms with Gasteiger partial charge in [-0.1, -0.05) is 0 Å². The first-order valence-electron chi connectivity index (χ1n) is 4.19. The summed E-state index contributed by atoms with van der Waals surface area (Å²) in [5, 5.41) is 8.56. The third kappa shape index (κ3) is 2.65. The van der Waals surface area contributed by atoms with Gasteiger partial charge in [-0.2, -0.15) is 0 Å². The average molecular weight is 193 g/mol. The zero-order valence-corrected chi connectivity index (χ0v) is 8.07. The van der Waals surface area contributed by atoms with Gasteiger partial charge >= 0.3 is 5.97 Å². The third-order valence-corrected chi connectivity index (χ3v) is 1.75. The van der Waals surface area contributed by atoms with E-state index in [4.69, 9.17) is 5.11 Å². The number of aromatic nitrogens is 1.